The van der Waals surface area contributed by atoms with Crippen LogP contribution in [0.25, 0.3) is 6.08 Å². The van der Waals surface area contributed by atoms with Crippen LogP contribution in [0.15, 0.2) is 18.2 Å². The number of halogens is 4. The SMILES string of the molecule is O=C(/C=C/c1ccc(Cl)s1)NCC(O)C(F)(F)F. The Balaban J connectivity index is 2.41. The van der Waals surface area contributed by atoms with E-state index in [0.717, 1.165) is 6.08 Å². The Morgan fingerprint density at radius 1 is 1.56 bits per heavy atom. The van der Waals surface area contributed by atoms with E-state index < -0.39 is 24.7 Å². The molecule has 8 heteroatoms. The Bertz CT molecular complexity index is 445. The molecule has 1 aromatic rings. The van der Waals surface area contributed by atoms with Crippen LogP contribution in [0.3, 0.4) is 0 Å². The summed E-state index contributed by atoms with van der Waals surface area (Å²) in [6, 6.07) is 3.30. The number of rotatable bonds is 4. The third-order valence-corrected chi connectivity index (χ3v) is 3.04. The number of nitrogens with one attached hydrogen (secondary N) is 1. The van der Waals surface area contributed by atoms with E-state index in [2.05, 4.69) is 0 Å². The summed E-state index contributed by atoms with van der Waals surface area (Å²) < 4.78 is 36.3. The highest BCUT2D eigenvalue weighted by atomic mass is 35.5. The fourth-order valence-electron chi connectivity index (χ4n) is 0.948. The van der Waals surface area contributed by atoms with Crippen LogP contribution in [0.2, 0.25) is 4.34 Å². The maximum absolute atomic E-state index is 11.9. The molecule has 0 aliphatic rings. The van der Waals surface area contributed by atoms with Crippen molar-refractivity contribution in [3.05, 3.63) is 27.4 Å². The molecular weight excluding hydrogens is 291 g/mol. The first kappa shape index (κ1) is 15.0. The van der Waals surface area contributed by atoms with Crippen molar-refractivity contribution in [1.29, 1.82) is 0 Å². The van der Waals surface area contributed by atoms with Crippen LogP contribution in [-0.2, 0) is 4.79 Å². The van der Waals surface area contributed by atoms with Crippen molar-refractivity contribution in [1.82, 2.24) is 5.32 Å². The van der Waals surface area contributed by atoms with E-state index >= 15 is 0 Å². The third kappa shape index (κ3) is 5.07. The molecule has 1 unspecified atom stereocenters. The highest BCUT2D eigenvalue weighted by Crippen LogP contribution is 2.22. The summed E-state index contributed by atoms with van der Waals surface area (Å²) in [5.74, 6) is -0.720. The van der Waals surface area contributed by atoms with Crippen molar-refractivity contribution in [2.45, 2.75) is 12.3 Å². The molecular formula is C10H9ClF3NO2S. The number of alkyl halides is 3. The average Bonchev–Trinajstić information content (AvgIpc) is 2.67. The topological polar surface area (TPSA) is 49.3 Å². The molecule has 1 heterocycles. The maximum atomic E-state index is 11.9. The van der Waals surface area contributed by atoms with Gasteiger partial charge in [0.1, 0.15) is 0 Å². The largest absolute Gasteiger partial charge is 0.416 e. The van der Waals surface area contributed by atoms with Gasteiger partial charge >= 0.3 is 6.18 Å². The van der Waals surface area contributed by atoms with Crippen LogP contribution >= 0.6 is 22.9 Å². The second-order valence-electron chi connectivity index (χ2n) is 3.28. The number of carbonyl (C=O) groups is 1. The Kier molecular flexibility index (Phi) is 5.18. The number of aliphatic hydroxyl groups excluding tert-OH is 1. The van der Waals surface area contributed by atoms with Crippen molar-refractivity contribution >= 4 is 34.9 Å². The number of aliphatic hydroxyl groups is 1. The molecule has 1 amide bonds. The lowest BCUT2D eigenvalue weighted by atomic mass is 10.3. The van der Waals surface area contributed by atoms with Crippen LogP contribution in [0.1, 0.15) is 4.88 Å². The van der Waals surface area contributed by atoms with Gasteiger partial charge in [0.2, 0.25) is 5.91 Å². The molecule has 0 saturated carbocycles. The number of thiophene rings is 1. The zero-order valence-electron chi connectivity index (χ0n) is 8.87. The van der Waals surface area contributed by atoms with Gasteiger partial charge in [-0.15, -0.1) is 11.3 Å². The highest BCUT2D eigenvalue weighted by Gasteiger charge is 2.37. The van der Waals surface area contributed by atoms with Gasteiger partial charge in [-0.25, -0.2) is 0 Å². The Labute approximate surface area is 110 Å². The molecule has 2 N–H and O–H groups in total. The minimum Gasteiger partial charge on any atom is -0.382 e. The van der Waals surface area contributed by atoms with Crippen LogP contribution in [-0.4, -0.2) is 29.8 Å². The van der Waals surface area contributed by atoms with Crippen molar-refractivity contribution in [3.8, 4) is 0 Å². The average molecular weight is 300 g/mol. The summed E-state index contributed by atoms with van der Waals surface area (Å²) >= 11 is 6.88. The van der Waals surface area contributed by atoms with E-state index in [4.69, 9.17) is 16.7 Å². The predicted molar refractivity (Wildman–Crippen MR) is 63.4 cm³/mol. The molecule has 1 aromatic heterocycles. The lowest BCUT2D eigenvalue weighted by Crippen LogP contribution is -2.40. The summed E-state index contributed by atoms with van der Waals surface area (Å²) in [6.07, 6.45) is -4.80. The minimum absolute atomic E-state index is 0.544. The van der Waals surface area contributed by atoms with Gasteiger partial charge in [0.05, 0.1) is 10.9 Å². The van der Waals surface area contributed by atoms with E-state index in [1.165, 1.54) is 17.4 Å². The fraction of sp³-hybridized carbons (Fsp3) is 0.300. The fourth-order valence-corrected chi connectivity index (χ4v) is 1.91. The summed E-state index contributed by atoms with van der Waals surface area (Å²) in [5.41, 5.74) is 0. The van der Waals surface area contributed by atoms with Crippen molar-refractivity contribution < 1.29 is 23.1 Å². The van der Waals surface area contributed by atoms with Crippen LogP contribution in [0, 0.1) is 0 Å². The number of amides is 1. The van der Waals surface area contributed by atoms with Gasteiger partial charge < -0.3 is 10.4 Å². The molecule has 18 heavy (non-hydrogen) atoms. The second-order valence-corrected chi connectivity index (χ2v) is 5.02. The molecule has 0 saturated heterocycles. The zero-order chi connectivity index (χ0) is 13.8. The third-order valence-electron chi connectivity index (χ3n) is 1.84. The van der Waals surface area contributed by atoms with E-state index in [0.29, 0.717) is 9.21 Å². The normalized spacial score (nSPS) is 13.8. The summed E-state index contributed by atoms with van der Waals surface area (Å²) in [4.78, 5) is 11.9. The molecule has 0 aliphatic heterocycles. The Morgan fingerprint density at radius 2 is 2.22 bits per heavy atom. The highest BCUT2D eigenvalue weighted by molar-refractivity contribution is 7.17. The lowest BCUT2D eigenvalue weighted by Gasteiger charge is -2.14. The summed E-state index contributed by atoms with van der Waals surface area (Å²) in [6.45, 7) is -0.877. The smallest absolute Gasteiger partial charge is 0.382 e. The van der Waals surface area contributed by atoms with E-state index in [-0.39, 0.29) is 0 Å². The molecule has 0 fully saturated rings. The maximum Gasteiger partial charge on any atom is 0.416 e. The van der Waals surface area contributed by atoms with Crippen molar-refractivity contribution in [3.63, 3.8) is 0 Å². The van der Waals surface area contributed by atoms with Gasteiger partial charge in [0, 0.05) is 11.0 Å². The molecule has 0 spiro atoms. The van der Waals surface area contributed by atoms with Crippen LogP contribution in [0.5, 0.6) is 0 Å². The first-order chi connectivity index (χ1) is 8.29. The quantitative estimate of drug-likeness (QED) is 0.839. The molecule has 0 radical (unpaired) electrons. The lowest BCUT2D eigenvalue weighted by molar-refractivity contribution is -0.201. The molecule has 0 bridgehead atoms. The Morgan fingerprint density at radius 3 is 2.72 bits per heavy atom. The first-order valence-electron chi connectivity index (χ1n) is 4.75. The van der Waals surface area contributed by atoms with Crippen molar-refractivity contribution in [2.75, 3.05) is 6.54 Å². The van der Waals surface area contributed by atoms with Gasteiger partial charge in [0.25, 0.3) is 0 Å². The molecule has 3 nitrogen and oxygen atoms in total. The van der Waals surface area contributed by atoms with Gasteiger partial charge in [-0.2, -0.15) is 13.2 Å². The molecule has 100 valence electrons. The summed E-state index contributed by atoms with van der Waals surface area (Å²) in [5, 5.41) is 10.6. The van der Waals surface area contributed by atoms with Gasteiger partial charge in [-0.3, -0.25) is 4.79 Å². The molecule has 0 aliphatic carbocycles. The van der Waals surface area contributed by atoms with Crippen molar-refractivity contribution in [2.24, 2.45) is 0 Å². The van der Waals surface area contributed by atoms with E-state index in [1.807, 2.05) is 5.32 Å². The first-order valence-corrected chi connectivity index (χ1v) is 5.94. The standard InChI is InChI=1S/C10H9ClF3NO2S/c11-8-3-1-6(18-8)2-4-9(17)15-5-7(16)10(12,13)14/h1-4,7,16H,5H2,(H,15,17)/b4-2+. The molecule has 1 atom stereocenters. The number of hydrogen-bond acceptors (Lipinski definition) is 3. The zero-order valence-corrected chi connectivity index (χ0v) is 10.4. The van der Waals surface area contributed by atoms with E-state index in [9.17, 15) is 18.0 Å². The Hall–Kier alpha value is -1.05. The number of carbonyl (C=O) groups excluding carboxylic acids is 1. The minimum atomic E-state index is -4.74. The van der Waals surface area contributed by atoms with E-state index in [1.54, 1.807) is 12.1 Å². The van der Waals surface area contributed by atoms with Gasteiger partial charge in [-0.1, -0.05) is 11.6 Å². The molecule has 1 rings (SSSR count). The second kappa shape index (κ2) is 6.21. The van der Waals surface area contributed by atoms with Gasteiger partial charge in [-0.05, 0) is 18.2 Å². The van der Waals surface area contributed by atoms with Gasteiger partial charge in [0.15, 0.2) is 6.10 Å². The summed E-state index contributed by atoms with van der Waals surface area (Å²) in [7, 11) is 0. The molecule has 0 aromatic carbocycles. The van der Waals surface area contributed by atoms with Crippen LogP contribution in [0.4, 0.5) is 13.2 Å². The van der Waals surface area contributed by atoms with Crippen LogP contribution < -0.4 is 5.32 Å². The predicted octanol–water partition coefficient (Wildman–Crippen LogP) is 2.45. The monoisotopic (exact) mass is 299 g/mol. The number of hydrogen-bond donors (Lipinski definition) is 2.